The maximum Gasteiger partial charge on any atom is 0.303 e. The van der Waals surface area contributed by atoms with Crippen molar-refractivity contribution in [3.8, 4) is 0 Å². The van der Waals surface area contributed by atoms with Gasteiger partial charge in [-0.3, -0.25) is 19.2 Å². The average molecular weight is 637 g/mol. The fraction of sp³-hybridized carbons (Fsp3) is 0.515. The maximum absolute atomic E-state index is 12.6. The van der Waals surface area contributed by atoms with Crippen molar-refractivity contribution in [2.75, 3.05) is 6.61 Å². The average Bonchev–Trinajstić information content (AvgIpc) is 3.80. The summed E-state index contributed by atoms with van der Waals surface area (Å²) in [4.78, 5) is 51.9. The number of carbonyl (C=O) groups is 4. The molecule has 4 saturated heterocycles. The minimum Gasteiger partial charge on any atom is -0.481 e. The first kappa shape index (κ1) is 31.2. The fourth-order valence-electron chi connectivity index (χ4n) is 7.52. The second kappa shape index (κ2) is 11.2. The summed E-state index contributed by atoms with van der Waals surface area (Å²) in [5, 5.41) is 29.0. The maximum atomic E-state index is 12.6. The van der Waals surface area contributed by atoms with E-state index in [1.165, 1.54) is 0 Å². The van der Waals surface area contributed by atoms with Gasteiger partial charge in [0.05, 0.1) is 29.2 Å². The van der Waals surface area contributed by atoms with Crippen molar-refractivity contribution in [1.29, 1.82) is 0 Å². The Balaban J connectivity index is 1.35. The molecular weight excluding hydrogens is 596 g/mol. The third-order valence-corrected chi connectivity index (χ3v) is 12.2. The fourth-order valence-corrected chi connectivity index (χ4v) is 8.92. The van der Waals surface area contributed by atoms with E-state index in [2.05, 4.69) is 34.4 Å². The molecule has 5 aliphatic rings. The van der Waals surface area contributed by atoms with E-state index in [1.807, 2.05) is 32.9 Å². The number of nitrogens with one attached hydrogen (secondary N) is 4. The molecule has 0 bridgehead atoms. The molecule has 45 heavy (non-hydrogen) atoms. The van der Waals surface area contributed by atoms with Crippen LogP contribution in [0.3, 0.4) is 0 Å². The van der Waals surface area contributed by atoms with Crippen molar-refractivity contribution in [3.63, 3.8) is 0 Å². The number of aliphatic carboxylic acids is 2. The van der Waals surface area contributed by atoms with Crippen LogP contribution >= 0.6 is 11.8 Å². The van der Waals surface area contributed by atoms with Crippen molar-refractivity contribution < 1.29 is 34.1 Å². The largest absolute Gasteiger partial charge is 0.481 e. The standard InChI is InChI=1S/C33H40N4O7S/c1-6-21-31(43)36-26(32(21)14-44-32)12-22-15(2)19(7-9-28(38)39)24(34-22)11-25-20(8-10-29(40)41)16(3)23(35-25)13-27-33(18(5)45-33)17(4)30(42)37-27/h6,11,13,17-18,21-22,26,34-35H,1,7-10,12,14H2,2-5H3,(H,36,43)(H,37,42)(H,38,39)(H,40,41)/b24-11-,27-13-/t17-,18?,21?,22?,26+,32+,33+/m0/s1. The van der Waals surface area contributed by atoms with E-state index in [1.54, 1.807) is 17.8 Å². The molecule has 5 aliphatic heterocycles. The molecular formula is C33H40N4O7S. The molecule has 6 rings (SSSR count). The highest BCUT2D eigenvalue weighted by molar-refractivity contribution is 8.09. The molecule has 12 heteroatoms. The monoisotopic (exact) mass is 636 g/mol. The summed E-state index contributed by atoms with van der Waals surface area (Å²) in [5.74, 6) is -2.47. The van der Waals surface area contributed by atoms with Gasteiger partial charge in [-0.1, -0.05) is 19.9 Å². The Morgan fingerprint density at radius 1 is 1.04 bits per heavy atom. The Morgan fingerprint density at radius 3 is 2.31 bits per heavy atom. The highest BCUT2D eigenvalue weighted by Gasteiger charge is 2.65. The number of thioether (sulfide) groups is 1. The highest BCUT2D eigenvalue weighted by Crippen LogP contribution is 2.64. The molecule has 0 radical (unpaired) electrons. The topological polar surface area (TPSA) is 173 Å². The predicted molar refractivity (Wildman–Crippen MR) is 170 cm³/mol. The van der Waals surface area contributed by atoms with Crippen LogP contribution in [-0.2, 0) is 30.3 Å². The number of carbonyl (C=O) groups excluding carboxylic acids is 2. The Morgan fingerprint density at radius 2 is 1.71 bits per heavy atom. The Kier molecular flexibility index (Phi) is 7.80. The third kappa shape index (κ3) is 5.21. The summed E-state index contributed by atoms with van der Waals surface area (Å²) < 4.78 is 5.54. The van der Waals surface area contributed by atoms with E-state index in [9.17, 15) is 29.4 Å². The summed E-state index contributed by atoms with van der Waals surface area (Å²) in [6, 6.07) is -0.393. The molecule has 4 fully saturated rings. The molecule has 1 aromatic heterocycles. The highest BCUT2D eigenvalue weighted by atomic mass is 32.2. The summed E-state index contributed by atoms with van der Waals surface area (Å²) in [7, 11) is 0. The minimum absolute atomic E-state index is 0.00289. The van der Waals surface area contributed by atoms with Gasteiger partial charge in [-0.25, -0.2) is 0 Å². The number of aromatic amines is 1. The number of carboxylic acid groups (broad SMARTS) is 2. The molecule has 2 spiro atoms. The van der Waals surface area contributed by atoms with Gasteiger partial charge in [-0.2, -0.15) is 0 Å². The van der Waals surface area contributed by atoms with Crippen LogP contribution in [0.2, 0.25) is 0 Å². The third-order valence-electron chi connectivity index (χ3n) is 10.4. The summed E-state index contributed by atoms with van der Waals surface area (Å²) in [6.07, 6.45) is 6.62. The molecule has 7 atom stereocenters. The lowest BCUT2D eigenvalue weighted by Gasteiger charge is -2.22. The van der Waals surface area contributed by atoms with Crippen molar-refractivity contribution in [3.05, 3.63) is 57.7 Å². The molecule has 2 amide bonds. The van der Waals surface area contributed by atoms with Gasteiger partial charge in [0.2, 0.25) is 11.8 Å². The van der Waals surface area contributed by atoms with E-state index in [0.29, 0.717) is 31.1 Å². The van der Waals surface area contributed by atoms with Gasteiger partial charge in [-0.15, -0.1) is 18.3 Å². The molecule has 0 aliphatic carbocycles. The van der Waals surface area contributed by atoms with Gasteiger partial charge >= 0.3 is 11.9 Å². The number of ether oxygens (including phenoxy) is 1. The molecule has 0 aromatic carbocycles. The normalized spacial score (nSPS) is 35.0. The van der Waals surface area contributed by atoms with E-state index < -0.39 is 23.5 Å². The zero-order valence-corrected chi connectivity index (χ0v) is 26.7. The predicted octanol–water partition coefficient (Wildman–Crippen LogP) is 3.27. The number of rotatable bonds is 11. The first-order valence-electron chi connectivity index (χ1n) is 15.4. The Bertz CT molecular complexity index is 1600. The number of amides is 2. The van der Waals surface area contributed by atoms with Gasteiger partial charge in [-0.05, 0) is 67.5 Å². The van der Waals surface area contributed by atoms with Crippen LogP contribution in [-0.4, -0.2) is 73.2 Å². The van der Waals surface area contributed by atoms with Crippen LogP contribution in [0.15, 0.2) is 35.2 Å². The number of H-pyrrole nitrogens is 1. The van der Waals surface area contributed by atoms with Crippen molar-refractivity contribution in [1.82, 2.24) is 20.9 Å². The van der Waals surface area contributed by atoms with Gasteiger partial charge in [0.1, 0.15) is 5.60 Å². The number of hydrogen-bond acceptors (Lipinski definition) is 7. The molecule has 6 N–H and O–H groups in total. The minimum atomic E-state index is -0.905. The van der Waals surface area contributed by atoms with Gasteiger partial charge in [0.15, 0.2) is 0 Å². The van der Waals surface area contributed by atoms with Crippen LogP contribution in [0.1, 0.15) is 69.0 Å². The summed E-state index contributed by atoms with van der Waals surface area (Å²) in [6.45, 7) is 12.3. The van der Waals surface area contributed by atoms with Crippen molar-refractivity contribution in [2.24, 2.45) is 11.8 Å². The smallest absolute Gasteiger partial charge is 0.303 e. The zero-order valence-electron chi connectivity index (χ0n) is 25.9. The van der Waals surface area contributed by atoms with Gasteiger partial charge in [0, 0.05) is 46.9 Å². The second-order valence-corrected chi connectivity index (χ2v) is 14.5. The lowest BCUT2D eigenvalue weighted by Crippen LogP contribution is -2.41. The first-order valence-corrected chi connectivity index (χ1v) is 16.3. The molecule has 1 aromatic rings. The number of hydrogen-bond donors (Lipinski definition) is 6. The second-order valence-electron chi connectivity index (χ2n) is 12.8. The first-order chi connectivity index (χ1) is 21.3. The lowest BCUT2D eigenvalue weighted by atomic mass is 9.86. The molecule has 240 valence electrons. The van der Waals surface area contributed by atoms with Crippen LogP contribution in [0, 0.1) is 18.8 Å². The van der Waals surface area contributed by atoms with Crippen molar-refractivity contribution >= 4 is 47.7 Å². The summed E-state index contributed by atoms with van der Waals surface area (Å²) >= 11 is 1.77. The number of epoxide rings is 1. The molecule has 11 nitrogen and oxygen atoms in total. The molecule has 3 unspecified atom stereocenters. The quantitative estimate of drug-likeness (QED) is 0.157. The number of aromatic nitrogens is 1. The number of carboxylic acids is 2. The molecule has 0 saturated carbocycles. The van der Waals surface area contributed by atoms with Gasteiger partial charge < -0.3 is 35.9 Å². The van der Waals surface area contributed by atoms with Crippen LogP contribution in [0.4, 0.5) is 0 Å². The molecule has 6 heterocycles. The summed E-state index contributed by atoms with van der Waals surface area (Å²) in [5.41, 5.74) is 6.18. The van der Waals surface area contributed by atoms with Crippen molar-refractivity contribution in [2.45, 2.75) is 87.5 Å². The van der Waals surface area contributed by atoms with Gasteiger partial charge in [0.25, 0.3) is 0 Å². The lowest BCUT2D eigenvalue weighted by molar-refractivity contribution is -0.138. The van der Waals surface area contributed by atoms with E-state index >= 15 is 0 Å². The Labute approximate surface area is 266 Å². The number of allylic oxidation sites excluding steroid dienone is 1. The van der Waals surface area contributed by atoms with Crippen LogP contribution < -0.4 is 16.0 Å². The zero-order chi connectivity index (χ0) is 32.4. The van der Waals surface area contributed by atoms with Crippen LogP contribution in [0.5, 0.6) is 0 Å². The van der Waals surface area contributed by atoms with E-state index in [0.717, 1.165) is 45.1 Å². The van der Waals surface area contributed by atoms with E-state index in [4.69, 9.17) is 4.74 Å². The Hall–Kier alpha value is -3.77. The van der Waals surface area contributed by atoms with E-state index in [-0.39, 0.29) is 47.4 Å². The SMILES string of the molecule is C=CC1C(=O)N[C@H](CC2N/C(=C\c3[nH]c(/C=C4\NC(=O)[C@H](C)[C@]45SC5C)c(C)c3CCC(=O)O)C(CCC(=O)O)=C2C)[C@@]12CO2. The van der Waals surface area contributed by atoms with Crippen LogP contribution in [0.25, 0.3) is 12.2 Å².